The number of nitrogens with two attached hydrogens (primary N) is 1. The second-order valence-electron chi connectivity index (χ2n) is 6.25. The van der Waals surface area contributed by atoms with Gasteiger partial charge in [-0.05, 0) is 35.0 Å². The maximum Gasteiger partial charge on any atom is 0.248 e. The van der Waals surface area contributed by atoms with Gasteiger partial charge in [0.25, 0.3) is 0 Å². The molecule has 7 heteroatoms. The fourth-order valence-corrected chi connectivity index (χ4v) is 3.01. The first-order valence-electron chi connectivity index (χ1n) is 8.70. The topological polar surface area (TPSA) is 91.5 Å². The largest absolute Gasteiger partial charge is 0.454 e. The lowest BCUT2D eigenvalue weighted by Gasteiger charge is -2.12. The van der Waals surface area contributed by atoms with Gasteiger partial charge in [0, 0.05) is 11.8 Å². The summed E-state index contributed by atoms with van der Waals surface area (Å²) in [6.07, 6.45) is 1.40. The van der Waals surface area contributed by atoms with Gasteiger partial charge >= 0.3 is 0 Å². The van der Waals surface area contributed by atoms with E-state index in [9.17, 15) is 0 Å². The zero-order valence-corrected chi connectivity index (χ0v) is 14.8. The van der Waals surface area contributed by atoms with Gasteiger partial charge in [-0.3, -0.25) is 0 Å². The van der Waals surface area contributed by atoms with E-state index in [1.54, 1.807) is 0 Å². The van der Waals surface area contributed by atoms with Crippen LogP contribution in [0.4, 0.5) is 17.2 Å². The van der Waals surface area contributed by atoms with Crippen LogP contribution in [0.25, 0.3) is 10.8 Å². The van der Waals surface area contributed by atoms with Gasteiger partial charge in [0.2, 0.25) is 12.7 Å². The van der Waals surface area contributed by atoms with Crippen molar-refractivity contribution in [2.75, 3.05) is 17.8 Å². The van der Waals surface area contributed by atoms with E-state index in [1.807, 2.05) is 60.7 Å². The summed E-state index contributed by atoms with van der Waals surface area (Å²) >= 11 is 0. The Morgan fingerprint density at radius 2 is 1.75 bits per heavy atom. The minimum atomic E-state index is 0.220. The monoisotopic (exact) mass is 372 g/mol. The summed E-state index contributed by atoms with van der Waals surface area (Å²) < 4.78 is 16.6. The summed E-state index contributed by atoms with van der Waals surface area (Å²) in [5.74, 6) is 2.77. The fourth-order valence-electron chi connectivity index (χ4n) is 3.01. The van der Waals surface area contributed by atoms with Gasteiger partial charge in [-0.25, -0.2) is 4.98 Å². The number of nitrogens with one attached hydrogen (secondary N) is 1. The minimum Gasteiger partial charge on any atom is -0.454 e. The summed E-state index contributed by atoms with van der Waals surface area (Å²) in [6.45, 7) is 0.220. The second-order valence-corrected chi connectivity index (χ2v) is 6.25. The summed E-state index contributed by atoms with van der Waals surface area (Å²) in [7, 11) is 0. The van der Waals surface area contributed by atoms with Crippen LogP contribution in [0.15, 0.2) is 67.0 Å². The lowest BCUT2D eigenvalue weighted by molar-refractivity contribution is 0.174. The Bertz CT molecular complexity index is 1180. The highest BCUT2D eigenvalue weighted by Crippen LogP contribution is 2.37. The van der Waals surface area contributed by atoms with E-state index in [1.165, 1.54) is 6.33 Å². The molecule has 0 saturated heterocycles. The molecule has 0 unspecified atom stereocenters. The normalized spacial score (nSPS) is 12.1. The Balaban J connectivity index is 1.41. The quantitative estimate of drug-likeness (QED) is 0.546. The standard InChI is InChI=1S/C21H16N4O3/c22-19-20(25-15-6-8-17-18(10-15)27-12-26-17)23-11-24-21(19)28-16-7-5-13-3-1-2-4-14(13)9-16/h1-11H,12,22H2,(H,23,24,25). The second kappa shape index (κ2) is 6.62. The molecule has 1 aliphatic heterocycles. The van der Waals surface area contributed by atoms with Crippen molar-refractivity contribution in [1.82, 2.24) is 9.97 Å². The lowest BCUT2D eigenvalue weighted by Crippen LogP contribution is -2.03. The van der Waals surface area contributed by atoms with Gasteiger partial charge in [-0.1, -0.05) is 30.3 Å². The number of rotatable bonds is 4. The van der Waals surface area contributed by atoms with Crippen molar-refractivity contribution < 1.29 is 14.2 Å². The van der Waals surface area contributed by atoms with Gasteiger partial charge in [-0.2, -0.15) is 4.98 Å². The molecule has 138 valence electrons. The molecule has 0 saturated carbocycles. The number of nitrogens with zero attached hydrogens (tertiary/aromatic N) is 2. The average Bonchev–Trinajstić information content (AvgIpc) is 3.19. The summed E-state index contributed by atoms with van der Waals surface area (Å²) in [5, 5.41) is 5.38. The van der Waals surface area contributed by atoms with E-state index in [0.717, 1.165) is 16.5 Å². The van der Waals surface area contributed by atoms with Gasteiger partial charge < -0.3 is 25.3 Å². The van der Waals surface area contributed by atoms with Gasteiger partial charge in [-0.15, -0.1) is 0 Å². The number of fused-ring (bicyclic) bond motifs is 2. The molecule has 2 heterocycles. The molecule has 0 fully saturated rings. The minimum absolute atomic E-state index is 0.220. The highest BCUT2D eigenvalue weighted by atomic mass is 16.7. The molecule has 0 amide bonds. The Kier molecular flexibility index (Phi) is 3.83. The molecule has 0 atom stereocenters. The Morgan fingerprint density at radius 3 is 2.68 bits per heavy atom. The van der Waals surface area contributed by atoms with E-state index < -0.39 is 0 Å². The SMILES string of the molecule is Nc1c(Nc2ccc3c(c2)OCO3)ncnc1Oc1ccc2ccccc2c1. The molecule has 5 rings (SSSR count). The van der Waals surface area contributed by atoms with Crippen LogP contribution in [0.3, 0.4) is 0 Å². The Morgan fingerprint density at radius 1 is 0.893 bits per heavy atom. The molecule has 7 nitrogen and oxygen atoms in total. The molecule has 3 N–H and O–H groups in total. The van der Waals surface area contributed by atoms with Crippen LogP contribution in [0.2, 0.25) is 0 Å². The number of benzene rings is 3. The number of anilines is 3. The van der Waals surface area contributed by atoms with E-state index in [0.29, 0.717) is 28.8 Å². The van der Waals surface area contributed by atoms with Crippen molar-refractivity contribution in [3.63, 3.8) is 0 Å². The van der Waals surface area contributed by atoms with Gasteiger partial charge in [0.15, 0.2) is 17.3 Å². The molecule has 4 aromatic rings. The molecule has 3 aromatic carbocycles. The van der Waals surface area contributed by atoms with Crippen LogP contribution >= 0.6 is 0 Å². The third-order valence-corrected chi connectivity index (χ3v) is 4.42. The molecule has 28 heavy (non-hydrogen) atoms. The van der Waals surface area contributed by atoms with Crippen LogP contribution in [-0.2, 0) is 0 Å². The molecule has 1 aliphatic rings. The average molecular weight is 372 g/mol. The number of hydrogen-bond donors (Lipinski definition) is 2. The zero-order valence-electron chi connectivity index (χ0n) is 14.8. The maximum absolute atomic E-state index is 6.24. The first kappa shape index (κ1) is 16.2. The third-order valence-electron chi connectivity index (χ3n) is 4.42. The molecule has 0 aliphatic carbocycles. The highest BCUT2D eigenvalue weighted by molar-refractivity contribution is 5.84. The van der Waals surface area contributed by atoms with Crippen molar-refractivity contribution in [1.29, 1.82) is 0 Å². The summed E-state index contributed by atoms with van der Waals surface area (Å²) in [4.78, 5) is 8.39. The fraction of sp³-hybridized carbons (Fsp3) is 0.0476. The van der Waals surface area contributed by atoms with Gasteiger partial charge in [0.05, 0.1) is 0 Å². The number of nitrogen functional groups attached to an aromatic ring is 1. The number of ether oxygens (including phenoxy) is 3. The highest BCUT2D eigenvalue weighted by Gasteiger charge is 2.15. The zero-order chi connectivity index (χ0) is 18.9. The Hall–Kier alpha value is -4.00. The molecule has 1 aromatic heterocycles. The van der Waals surface area contributed by atoms with Crippen LogP contribution in [-0.4, -0.2) is 16.8 Å². The van der Waals surface area contributed by atoms with Gasteiger partial charge in [0.1, 0.15) is 17.8 Å². The van der Waals surface area contributed by atoms with E-state index in [2.05, 4.69) is 15.3 Å². The molecule has 0 radical (unpaired) electrons. The first-order chi connectivity index (χ1) is 13.8. The van der Waals surface area contributed by atoms with Crippen molar-refractivity contribution in [2.45, 2.75) is 0 Å². The summed E-state index contributed by atoms with van der Waals surface area (Å²) in [5.41, 5.74) is 7.32. The van der Waals surface area contributed by atoms with Crippen LogP contribution in [0.1, 0.15) is 0 Å². The van der Waals surface area contributed by atoms with E-state index in [-0.39, 0.29) is 12.7 Å². The van der Waals surface area contributed by atoms with Crippen LogP contribution in [0.5, 0.6) is 23.1 Å². The predicted molar refractivity (Wildman–Crippen MR) is 106 cm³/mol. The van der Waals surface area contributed by atoms with Crippen molar-refractivity contribution >= 4 is 28.0 Å². The summed E-state index contributed by atoms with van der Waals surface area (Å²) in [6, 6.07) is 19.4. The number of hydrogen-bond acceptors (Lipinski definition) is 7. The maximum atomic E-state index is 6.24. The van der Waals surface area contributed by atoms with Crippen molar-refractivity contribution in [3.8, 4) is 23.1 Å². The lowest BCUT2D eigenvalue weighted by atomic mass is 10.1. The van der Waals surface area contributed by atoms with Crippen LogP contribution < -0.4 is 25.3 Å². The third kappa shape index (κ3) is 2.99. The predicted octanol–water partition coefficient (Wildman–Crippen LogP) is 4.48. The Labute approximate surface area is 160 Å². The van der Waals surface area contributed by atoms with E-state index in [4.69, 9.17) is 19.9 Å². The molecular formula is C21H16N4O3. The smallest absolute Gasteiger partial charge is 0.248 e. The molecule has 0 bridgehead atoms. The molecular weight excluding hydrogens is 356 g/mol. The number of aromatic nitrogens is 2. The van der Waals surface area contributed by atoms with Crippen LogP contribution in [0, 0.1) is 0 Å². The molecule has 0 spiro atoms. The van der Waals surface area contributed by atoms with Crippen molar-refractivity contribution in [2.24, 2.45) is 0 Å². The first-order valence-corrected chi connectivity index (χ1v) is 8.70. The van der Waals surface area contributed by atoms with Crippen molar-refractivity contribution in [3.05, 3.63) is 67.0 Å². The van der Waals surface area contributed by atoms with E-state index >= 15 is 0 Å².